The second-order valence-corrected chi connectivity index (χ2v) is 8.20. The van der Waals surface area contributed by atoms with Gasteiger partial charge in [0.25, 0.3) is 0 Å². The summed E-state index contributed by atoms with van der Waals surface area (Å²) >= 11 is 0. The van der Waals surface area contributed by atoms with E-state index in [1.54, 1.807) is 13.8 Å². The van der Waals surface area contributed by atoms with Gasteiger partial charge in [0.05, 0.1) is 5.41 Å². The van der Waals surface area contributed by atoms with Gasteiger partial charge >= 0.3 is 11.9 Å². The van der Waals surface area contributed by atoms with Crippen molar-refractivity contribution in [3.8, 4) is 0 Å². The van der Waals surface area contributed by atoms with E-state index in [0.717, 1.165) is 0 Å². The fraction of sp³-hybridized carbons (Fsp3) is 0.800. The van der Waals surface area contributed by atoms with Crippen LogP contribution in [0.4, 0.5) is 0 Å². The second kappa shape index (κ2) is 11.1. The number of carboxylic acids is 2. The van der Waals surface area contributed by atoms with Gasteiger partial charge in [-0.2, -0.15) is 0 Å². The number of carboxylic acid groups (broad SMARTS) is 2. The van der Waals surface area contributed by atoms with Crippen molar-refractivity contribution >= 4 is 23.5 Å². The molecule has 0 aliphatic carbocycles. The Hall–Kier alpha value is -1.72. The number of carbonyl (C=O) groups is 4. The number of ketones is 2. The van der Waals surface area contributed by atoms with E-state index < -0.39 is 22.8 Å². The maximum atomic E-state index is 11.9. The Bertz CT molecular complexity index is 504. The smallest absolute Gasteiger partial charge is 0.309 e. The number of carbonyl (C=O) groups excluding carboxylic acids is 2. The van der Waals surface area contributed by atoms with Crippen molar-refractivity contribution in [2.75, 3.05) is 0 Å². The molecule has 26 heavy (non-hydrogen) atoms. The molecule has 0 heterocycles. The molecule has 0 aromatic rings. The average Bonchev–Trinajstić information content (AvgIpc) is 2.51. The van der Waals surface area contributed by atoms with Crippen LogP contribution in [0.1, 0.15) is 91.9 Å². The van der Waals surface area contributed by atoms with E-state index >= 15 is 0 Å². The van der Waals surface area contributed by atoms with Crippen LogP contribution in [0.3, 0.4) is 0 Å². The molecule has 0 aliphatic rings. The SMILES string of the molecule is CC(C)(CCCC(=O)CCC(=O)CCCCCC(=O)O)C(C)(C)C(=O)O. The average molecular weight is 370 g/mol. The van der Waals surface area contributed by atoms with Crippen LogP contribution in [0.5, 0.6) is 0 Å². The summed E-state index contributed by atoms with van der Waals surface area (Å²) in [6, 6.07) is 0. The normalized spacial score (nSPS) is 12.0. The molecule has 0 aliphatic heterocycles. The molecular weight excluding hydrogens is 336 g/mol. The highest BCUT2D eigenvalue weighted by atomic mass is 16.4. The highest BCUT2D eigenvalue weighted by Crippen LogP contribution is 2.42. The van der Waals surface area contributed by atoms with Gasteiger partial charge in [0, 0.05) is 32.1 Å². The van der Waals surface area contributed by atoms with Crippen molar-refractivity contribution in [3.63, 3.8) is 0 Å². The number of hydrogen-bond acceptors (Lipinski definition) is 4. The molecule has 0 saturated carbocycles. The van der Waals surface area contributed by atoms with Crippen molar-refractivity contribution in [1.29, 1.82) is 0 Å². The van der Waals surface area contributed by atoms with Gasteiger partial charge in [-0.05, 0) is 44.9 Å². The van der Waals surface area contributed by atoms with Crippen LogP contribution >= 0.6 is 0 Å². The molecular formula is C20H34O6. The van der Waals surface area contributed by atoms with Crippen molar-refractivity contribution in [2.45, 2.75) is 91.9 Å². The Morgan fingerprint density at radius 1 is 0.654 bits per heavy atom. The third-order valence-electron chi connectivity index (χ3n) is 5.51. The molecule has 6 heteroatoms. The Morgan fingerprint density at radius 3 is 1.58 bits per heavy atom. The third kappa shape index (κ3) is 9.11. The van der Waals surface area contributed by atoms with E-state index in [0.29, 0.717) is 44.9 Å². The van der Waals surface area contributed by atoms with Crippen molar-refractivity contribution in [3.05, 3.63) is 0 Å². The van der Waals surface area contributed by atoms with Gasteiger partial charge < -0.3 is 10.2 Å². The molecule has 0 spiro atoms. The molecule has 0 aromatic heterocycles. The lowest BCUT2D eigenvalue weighted by molar-refractivity contribution is -0.154. The Labute approximate surface area is 156 Å². The molecule has 0 bridgehead atoms. The van der Waals surface area contributed by atoms with Crippen LogP contribution in [0.25, 0.3) is 0 Å². The first-order valence-electron chi connectivity index (χ1n) is 9.39. The van der Waals surface area contributed by atoms with Gasteiger partial charge in [0.15, 0.2) is 0 Å². The molecule has 0 fully saturated rings. The quantitative estimate of drug-likeness (QED) is 0.417. The molecule has 0 rings (SSSR count). The molecule has 6 nitrogen and oxygen atoms in total. The van der Waals surface area contributed by atoms with Gasteiger partial charge in [-0.15, -0.1) is 0 Å². The van der Waals surface area contributed by atoms with Gasteiger partial charge in [-0.3, -0.25) is 19.2 Å². The van der Waals surface area contributed by atoms with Crippen molar-refractivity contribution < 1.29 is 29.4 Å². The third-order valence-corrected chi connectivity index (χ3v) is 5.51. The first-order valence-corrected chi connectivity index (χ1v) is 9.39. The van der Waals surface area contributed by atoms with E-state index in [2.05, 4.69) is 0 Å². The zero-order chi connectivity index (χ0) is 20.4. The standard InChI is InChI=1S/C20H34O6/c1-19(2,20(3,4)18(25)26)14-8-10-16(22)13-12-15(21)9-6-5-7-11-17(23)24/h5-14H2,1-4H3,(H,23,24)(H,25,26). The number of hydrogen-bond donors (Lipinski definition) is 2. The van der Waals surface area contributed by atoms with Gasteiger partial charge in [0.2, 0.25) is 0 Å². The van der Waals surface area contributed by atoms with Gasteiger partial charge in [-0.25, -0.2) is 0 Å². The highest BCUT2D eigenvalue weighted by Gasteiger charge is 2.42. The predicted molar refractivity (Wildman–Crippen MR) is 99.0 cm³/mol. The van der Waals surface area contributed by atoms with Gasteiger partial charge in [-0.1, -0.05) is 20.3 Å². The summed E-state index contributed by atoms with van der Waals surface area (Å²) in [6.07, 6.45) is 4.56. The summed E-state index contributed by atoms with van der Waals surface area (Å²) in [5, 5.41) is 17.9. The molecule has 0 radical (unpaired) electrons. The number of aliphatic carboxylic acids is 2. The minimum atomic E-state index is -0.868. The molecule has 150 valence electrons. The predicted octanol–water partition coefficient (Wildman–Crippen LogP) is 4.25. The van der Waals surface area contributed by atoms with Crippen molar-refractivity contribution in [2.24, 2.45) is 10.8 Å². The molecule has 2 N–H and O–H groups in total. The van der Waals surface area contributed by atoms with E-state index in [9.17, 15) is 24.3 Å². The lowest BCUT2D eigenvalue weighted by Crippen LogP contribution is -2.39. The summed E-state index contributed by atoms with van der Waals surface area (Å²) in [5.74, 6) is -1.59. The number of unbranched alkanes of at least 4 members (excludes halogenated alkanes) is 2. The largest absolute Gasteiger partial charge is 0.481 e. The number of rotatable bonds is 15. The Balaban J connectivity index is 3.98. The van der Waals surface area contributed by atoms with E-state index in [1.165, 1.54) is 0 Å². The fourth-order valence-corrected chi connectivity index (χ4v) is 2.63. The highest BCUT2D eigenvalue weighted by molar-refractivity contribution is 5.85. The fourth-order valence-electron chi connectivity index (χ4n) is 2.63. The summed E-state index contributed by atoms with van der Waals surface area (Å²) in [5.41, 5.74) is -1.29. The Morgan fingerprint density at radius 2 is 1.12 bits per heavy atom. The van der Waals surface area contributed by atoms with Gasteiger partial charge in [0.1, 0.15) is 11.6 Å². The summed E-state index contributed by atoms with van der Waals surface area (Å²) in [7, 11) is 0. The lowest BCUT2D eigenvalue weighted by Gasteiger charge is -2.38. The molecule has 0 amide bonds. The molecule has 0 unspecified atom stereocenters. The summed E-state index contributed by atoms with van der Waals surface area (Å²) in [6.45, 7) is 7.21. The second-order valence-electron chi connectivity index (χ2n) is 8.20. The van der Waals surface area contributed by atoms with E-state index in [-0.39, 0.29) is 30.8 Å². The number of Topliss-reactive ketones (excluding diaryl/α,β-unsaturated/α-hetero) is 2. The molecule has 0 aromatic carbocycles. The van der Waals surface area contributed by atoms with Crippen LogP contribution < -0.4 is 0 Å². The van der Waals surface area contributed by atoms with Crippen molar-refractivity contribution in [1.82, 2.24) is 0 Å². The van der Waals surface area contributed by atoms with Crippen LogP contribution in [0, 0.1) is 10.8 Å². The maximum absolute atomic E-state index is 11.9. The van der Waals surface area contributed by atoms with Crippen LogP contribution in [-0.2, 0) is 19.2 Å². The minimum absolute atomic E-state index is 0.0353. The lowest BCUT2D eigenvalue weighted by atomic mass is 9.65. The first kappa shape index (κ1) is 24.3. The zero-order valence-electron chi connectivity index (χ0n) is 16.6. The monoisotopic (exact) mass is 370 g/mol. The summed E-state index contributed by atoms with van der Waals surface area (Å²) in [4.78, 5) is 45.4. The van der Waals surface area contributed by atoms with Crippen LogP contribution in [0.2, 0.25) is 0 Å². The Kier molecular flexibility index (Phi) is 10.4. The molecule has 0 saturated heterocycles. The van der Waals surface area contributed by atoms with E-state index in [1.807, 2.05) is 13.8 Å². The minimum Gasteiger partial charge on any atom is -0.481 e. The molecule has 0 atom stereocenters. The van der Waals surface area contributed by atoms with Crippen LogP contribution in [-0.4, -0.2) is 33.7 Å². The first-order chi connectivity index (χ1) is 11.9. The van der Waals surface area contributed by atoms with E-state index in [4.69, 9.17) is 5.11 Å². The summed E-state index contributed by atoms with van der Waals surface area (Å²) < 4.78 is 0. The zero-order valence-corrected chi connectivity index (χ0v) is 16.6. The van der Waals surface area contributed by atoms with Crippen LogP contribution in [0.15, 0.2) is 0 Å². The topological polar surface area (TPSA) is 109 Å². The maximum Gasteiger partial charge on any atom is 0.309 e.